The summed E-state index contributed by atoms with van der Waals surface area (Å²) in [6.45, 7) is 1.90. The maximum absolute atomic E-state index is 12.5. The van der Waals surface area contributed by atoms with Gasteiger partial charge in [-0.1, -0.05) is 6.07 Å². The average molecular weight is 289 g/mol. The number of carbonyl (C=O) groups excluding carboxylic acids is 2. The molecule has 7 heteroatoms. The lowest BCUT2D eigenvalue weighted by molar-refractivity contribution is -0.143. The van der Waals surface area contributed by atoms with E-state index in [1.807, 2.05) is 0 Å². The minimum absolute atomic E-state index is 0.00785. The van der Waals surface area contributed by atoms with E-state index in [1.165, 1.54) is 6.07 Å². The fourth-order valence-corrected chi connectivity index (χ4v) is 1.45. The van der Waals surface area contributed by atoms with Crippen LogP contribution in [-0.4, -0.2) is 25.0 Å². The third-order valence-corrected chi connectivity index (χ3v) is 2.37. The lowest BCUT2D eigenvalue weighted by atomic mass is 10.1. The maximum atomic E-state index is 12.5. The van der Waals surface area contributed by atoms with Crippen LogP contribution in [0.5, 0.6) is 0 Å². The molecule has 110 valence electrons. The Balaban J connectivity index is 2.58. The van der Waals surface area contributed by atoms with Crippen LogP contribution in [0.3, 0.4) is 0 Å². The van der Waals surface area contributed by atoms with Crippen LogP contribution in [0.2, 0.25) is 0 Å². The number of amides is 1. The first-order valence-electron chi connectivity index (χ1n) is 5.95. The lowest BCUT2D eigenvalue weighted by Gasteiger charge is -2.09. The van der Waals surface area contributed by atoms with Gasteiger partial charge in [-0.05, 0) is 25.1 Å². The zero-order valence-corrected chi connectivity index (χ0v) is 10.8. The first kappa shape index (κ1) is 16.0. The van der Waals surface area contributed by atoms with Crippen molar-refractivity contribution < 1.29 is 27.5 Å². The van der Waals surface area contributed by atoms with Gasteiger partial charge in [0.05, 0.1) is 18.6 Å². The van der Waals surface area contributed by atoms with Crippen LogP contribution in [0, 0.1) is 0 Å². The van der Waals surface area contributed by atoms with E-state index in [0.717, 1.165) is 18.2 Å². The minimum Gasteiger partial charge on any atom is -0.466 e. The van der Waals surface area contributed by atoms with Crippen LogP contribution >= 0.6 is 0 Å². The molecule has 0 aliphatic carbocycles. The molecule has 0 aliphatic heterocycles. The molecule has 1 aromatic rings. The Bertz CT molecular complexity index is 486. The van der Waals surface area contributed by atoms with E-state index in [0.29, 0.717) is 0 Å². The minimum atomic E-state index is -4.50. The van der Waals surface area contributed by atoms with Crippen molar-refractivity contribution >= 4 is 11.9 Å². The van der Waals surface area contributed by atoms with Gasteiger partial charge in [0, 0.05) is 12.1 Å². The van der Waals surface area contributed by atoms with E-state index < -0.39 is 23.6 Å². The summed E-state index contributed by atoms with van der Waals surface area (Å²) in [6, 6.07) is 4.08. The number of rotatable bonds is 5. The van der Waals surface area contributed by atoms with Crippen LogP contribution in [0.15, 0.2) is 24.3 Å². The largest absolute Gasteiger partial charge is 0.466 e. The van der Waals surface area contributed by atoms with E-state index in [9.17, 15) is 22.8 Å². The summed E-state index contributed by atoms with van der Waals surface area (Å²) in [7, 11) is 0. The van der Waals surface area contributed by atoms with Crippen molar-refractivity contribution in [1.29, 1.82) is 0 Å². The molecule has 20 heavy (non-hydrogen) atoms. The highest BCUT2D eigenvalue weighted by molar-refractivity contribution is 5.94. The number of carbonyl (C=O) groups is 2. The van der Waals surface area contributed by atoms with Crippen LogP contribution < -0.4 is 5.32 Å². The van der Waals surface area contributed by atoms with Crippen LogP contribution in [0.4, 0.5) is 13.2 Å². The summed E-state index contributed by atoms with van der Waals surface area (Å²) in [5.41, 5.74) is -1.00. The summed E-state index contributed by atoms with van der Waals surface area (Å²) in [6.07, 6.45) is -4.53. The van der Waals surface area contributed by atoms with Gasteiger partial charge in [-0.2, -0.15) is 13.2 Å². The molecule has 0 spiro atoms. The molecule has 0 atom stereocenters. The highest BCUT2D eigenvalue weighted by Crippen LogP contribution is 2.29. The van der Waals surface area contributed by atoms with Gasteiger partial charge in [-0.25, -0.2) is 0 Å². The molecule has 0 saturated carbocycles. The third-order valence-electron chi connectivity index (χ3n) is 2.37. The molecule has 1 aromatic carbocycles. The summed E-state index contributed by atoms with van der Waals surface area (Å²) in [4.78, 5) is 22.7. The summed E-state index contributed by atoms with van der Waals surface area (Å²) in [5, 5.41) is 2.36. The number of esters is 1. The van der Waals surface area contributed by atoms with Gasteiger partial charge in [-0.3, -0.25) is 9.59 Å². The molecule has 1 N–H and O–H groups in total. The molecule has 0 bridgehead atoms. The summed E-state index contributed by atoms with van der Waals surface area (Å²) >= 11 is 0. The van der Waals surface area contributed by atoms with E-state index in [2.05, 4.69) is 10.1 Å². The Labute approximate surface area is 113 Å². The molecule has 0 heterocycles. The van der Waals surface area contributed by atoms with E-state index in [-0.39, 0.29) is 25.1 Å². The Hall–Kier alpha value is -2.05. The highest BCUT2D eigenvalue weighted by Gasteiger charge is 2.30. The first-order valence-corrected chi connectivity index (χ1v) is 5.95. The average Bonchev–Trinajstić information content (AvgIpc) is 2.38. The second-order valence-corrected chi connectivity index (χ2v) is 3.89. The number of alkyl halides is 3. The number of ether oxygens (including phenoxy) is 1. The Morgan fingerprint density at radius 3 is 2.60 bits per heavy atom. The molecule has 1 rings (SSSR count). The van der Waals surface area contributed by atoms with Crippen molar-refractivity contribution in [2.45, 2.75) is 19.5 Å². The van der Waals surface area contributed by atoms with Crippen LogP contribution in [0.25, 0.3) is 0 Å². The Morgan fingerprint density at radius 1 is 1.30 bits per heavy atom. The van der Waals surface area contributed by atoms with Gasteiger partial charge in [0.1, 0.15) is 0 Å². The Kier molecular flexibility index (Phi) is 5.54. The predicted molar refractivity (Wildman–Crippen MR) is 65.0 cm³/mol. The second-order valence-electron chi connectivity index (χ2n) is 3.89. The van der Waals surface area contributed by atoms with Crippen molar-refractivity contribution in [3.05, 3.63) is 35.4 Å². The number of benzene rings is 1. The molecular weight excluding hydrogens is 275 g/mol. The van der Waals surface area contributed by atoms with E-state index >= 15 is 0 Å². The van der Waals surface area contributed by atoms with Crippen LogP contribution in [-0.2, 0) is 15.7 Å². The number of hydrogen-bond donors (Lipinski definition) is 1. The van der Waals surface area contributed by atoms with Gasteiger partial charge >= 0.3 is 12.1 Å². The normalized spacial score (nSPS) is 11.0. The molecule has 1 amide bonds. The van der Waals surface area contributed by atoms with Gasteiger partial charge in [0.2, 0.25) is 0 Å². The van der Waals surface area contributed by atoms with Gasteiger partial charge in [-0.15, -0.1) is 0 Å². The van der Waals surface area contributed by atoms with Gasteiger partial charge in [0.25, 0.3) is 5.91 Å². The van der Waals surface area contributed by atoms with Crippen LogP contribution in [0.1, 0.15) is 29.3 Å². The van der Waals surface area contributed by atoms with E-state index in [1.54, 1.807) is 6.92 Å². The number of hydrogen-bond acceptors (Lipinski definition) is 3. The fraction of sp³-hybridized carbons (Fsp3) is 0.385. The highest BCUT2D eigenvalue weighted by atomic mass is 19.4. The zero-order chi connectivity index (χ0) is 15.2. The van der Waals surface area contributed by atoms with Gasteiger partial charge < -0.3 is 10.1 Å². The second kappa shape index (κ2) is 6.93. The van der Waals surface area contributed by atoms with Crippen molar-refractivity contribution in [2.75, 3.05) is 13.2 Å². The van der Waals surface area contributed by atoms with Crippen molar-refractivity contribution in [3.63, 3.8) is 0 Å². The quantitative estimate of drug-likeness (QED) is 0.847. The number of halogens is 3. The fourth-order valence-electron chi connectivity index (χ4n) is 1.45. The SMILES string of the molecule is CCOC(=O)CCNC(=O)c1cccc(C(F)(F)F)c1. The molecule has 0 fully saturated rings. The van der Waals surface area contributed by atoms with Crippen molar-refractivity contribution in [1.82, 2.24) is 5.32 Å². The number of nitrogens with one attached hydrogen (secondary N) is 1. The van der Waals surface area contributed by atoms with E-state index in [4.69, 9.17) is 0 Å². The van der Waals surface area contributed by atoms with Gasteiger partial charge in [0.15, 0.2) is 0 Å². The third kappa shape index (κ3) is 4.91. The Morgan fingerprint density at radius 2 is 2.00 bits per heavy atom. The first-order chi connectivity index (χ1) is 9.34. The molecule has 4 nitrogen and oxygen atoms in total. The standard InChI is InChI=1S/C13H14F3NO3/c1-2-20-11(18)6-7-17-12(19)9-4-3-5-10(8-9)13(14,15)16/h3-5,8H,2,6-7H2,1H3,(H,17,19). The molecule has 0 unspecified atom stereocenters. The summed E-state index contributed by atoms with van der Waals surface area (Å²) < 4.78 is 42.1. The molecule has 0 saturated heterocycles. The molecule has 0 aromatic heterocycles. The summed E-state index contributed by atoms with van der Waals surface area (Å²) in [5.74, 6) is -1.14. The topological polar surface area (TPSA) is 55.4 Å². The van der Waals surface area contributed by atoms with Crippen molar-refractivity contribution in [2.24, 2.45) is 0 Å². The monoisotopic (exact) mass is 289 g/mol. The predicted octanol–water partition coefficient (Wildman–Crippen LogP) is 2.39. The molecular formula is C13H14F3NO3. The zero-order valence-electron chi connectivity index (χ0n) is 10.8. The molecule has 0 aliphatic rings. The maximum Gasteiger partial charge on any atom is 0.416 e. The van der Waals surface area contributed by atoms with Crippen molar-refractivity contribution in [3.8, 4) is 0 Å². The smallest absolute Gasteiger partial charge is 0.416 e. The lowest BCUT2D eigenvalue weighted by Crippen LogP contribution is -2.26. The molecule has 0 radical (unpaired) electrons.